The molecule has 0 spiro atoms. The molecule has 0 radical (unpaired) electrons. The number of carbonyl (C=O) groups is 1. The Morgan fingerprint density at radius 3 is 2.43 bits per heavy atom. The lowest BCUT2D eigenvalue weighted by Crippen LogP contribution is -2.36. The number of ether oxygens (including phenoxy) is 1. The maximum Gasteiger partial charge on any atom is 0.416 e. The van der Waals surface area contributed by atoms with Crippen molar-refractivity contribution in [2.75, 3.05) is 7.11 Å². The smallest absolute Gasteiger partial charge is 0.416 e. The van der Waals surface area contributed by atoms with E-state index < -0.39 is 56.7 Å². The van der Waals surface area contributed by atoms with Gasteiger partial charge in [-0.25, -0.2) is 22.0 Å². The molecule has 2 aromatic carbocycles. The number of carbonyl (C=O) groups excluding carboxylic acids is 1. The molecular weight excluding hydrogens is 409 g/mol. The van der Waals surface area contributed by atoms with Gasteiger partial charge in [-0.05, 0) is 29.8 Å². The Morgan fingerprint density at radius 2 is 1.82 bits per heavy atom. The van der Waals surface area contributed by atoms with Crippen LogP contribution in [-0.4, -0.2) is 21.5 Å². The number of halogens is 5. The summed E-state index contributed by atoms with van der Waals surface area (Å²) in [4.78, 5) is 11.9. The van der Waals surface area contributed by atoms with Crippen molar-refractivity contribution < 1.29 is 39.9 Å². The van der Waals surface area contributed by atoms with Crippen LogP contribution in [0.2, 0.25) is 0 Å². The summed E-state index contributed by atoms with van der Waals surface area (Å²) in [7, 11) is -3.53. The van der Waals surface area contributed by atoms with E-state index >= 15 is 0 Å². The zero-order valence-corrected chi connectivity index (χ0v) is 15.1. The lowest BCUT2D eigenvalue weighted by Gasteiger charge is -2.18. The first-order chi connectivity index (χ1) is 12.9. The minimum absolute atomic E-state index is 0.217. The highest BCUT2D eigenvalue weighted by Gasteiger charge is 2.32. The molecule has 0 aromatic heterocycles. The van der Waals surface area contributed by atoms with E-state index in [1.54, 1.807) is 0 Å². The van der Waals surface area contributed by atoms with Crippen molar-refractivity contribution in [1.29, 1.82) is 0 Å². The van der Waals surface area contributed by atoms with E-state index in [0.717, 1.165) is 31.4 Å². The topological polar surface area (TPSA) is 72.5 Å². The zero-order chi connectivity index (χ0) is 21.1. The molecule has 1 N–H and O–H groups in total. The summed E-state index contributed by atoms with van der Waals surface area (Å²) in [5.41, 5.74) is -1.90. The van der Waals surface area contributed by atoms with Crippen LogP contribution in [0.3, 0.4) is 0 Å². The van der Waals surface area contributed by atoms with Crippen LogP contribution in [0.5, 0.6) is 0 Å². The lowest BCUT2D eigenvalue weighted by molar-refractivity contribution is -0.143. The molecule has 28 heavy (non-hydrogen) atoms. The van der Waals surface area contributed by atoms with Crippen molar-refractivity contribution in [3.63, 3.8) is 0 Å². The van der Waals surface area contributed by atoms with Crippen molar-refractivity contribution in [1.82, 2.24) is 4.72 Å². The van der Waals surface area contributed by atoms with Gasteiger partial charge in [-0.1, -0.05) is 18.2 Å². The Kier molecular flexibility index (Phi) is 6.40. The second-order valence-corrected chi connectivity index (χ2v) is 7.45. The number of hydrogen-bond acceptors (Lipinski definition) is 4. The van der Waals surface area contributed by atoms with E-state index in [1.807, 2.05) is 4.72 Å². The largest absolute Gasteiger partial charge is 0.468 e. The van der Waals surface area contributed by atoms with Gasteiger partial charge < -0.3 is 4.74 Å². The van der Waals surface area contributed by atoms with E-state index in [9.17, 15) is 35.2 Å². The molecule has 0 bridgehead atoms. The summed E-state index contributed by atoms with van der Waals surface area (Å²) < 4.78 is 96.6. The van der Waals surface area contributed by atoms with E-state index in [0.29, 0.717) is 18.2 Å². The van der Waals surface area contributed by atoms with E-state index in [4.69, 9.17) is 0 Å². The fraction of sp³-hybridized carbons (Fsp3) is 0.235. The summed E-state index contributed by atoms with van der Waals surface area (Å²) >= 11 is 0. The molecule has 0 saturated carbocycles. The number of esters is 1. The molecule has 11 heteroatoms. The van der Waals surface area contributed by atoms with Crippen molar-refractivity contribution in [2.45, 2.75) is 18.0 Å². The summed E-state index contributed by atoms with van der Waals surface area (Å²) in [5.74, 6) is -4.15. The summed E-state index contributed by atoms with van der Waals surface area (Å²) in [6.45, 7) is 0. The highest BCUT2D eigenvalue weighted by molar-refractivity contribution is 7.88. The van der Waals surface area contributed by atoms with Crippen LogP contribution in [0.4, 0.5) is 22.0 Å². The van der Waals surface area contributed by atoms with Crippen molar-refractivity contribution in [3.8, 4) is 0 Å². The number of sulfonamides is 1. The molecule has 2 aromatic rings. The predicted molar refractivity (Wildman–Crippen MR) is 88.3 cm³/mol. The van der Waals surface area contributed by atoms with Crippen molar-refractivity contribution >= 4 is 16.0 Å². The highest BCUT2D eigenvalue weighted by atomic mass is 32.2. The first kappa shape index (κ1) is 21.8. The quantitative estimate of drug-likeness (QED) is 0.572. The third-order valence-electron chi connectivity index (χ3n) is 3.61. The van der Waals surface area contributed by atoms with Crippen LogP contribution in [-0.2, 0) is 31.5 Å². The molecule has 0 fully saturated rings. The Morgan fingerprint density at radius 1 is 1.14 bits per heavy atom. The van der Waals surface area contributed by atoms with Gasteiger partial charge in [0.1, 0.15) is 17.7 Å². The second kappa shape index (κ2) is 8.23. The molecule has 0 aliphatic rings. The van der Waals surface area contributed by atoms with Crippen LogP contribution in [0.25, 0.3) is 0 Å². The molecule has 1 atom stereocenters. The summed E-state index contributed by atoms with van der Waals surface area (Å²) in [5, 5.41) is 0. The first-order valence-corrected chi connectivity index (χ1v) is 9.27. The average molecular weight is 423 g/mol. The van der Waals surface area contributed by atoms with Gasteiger partial charge in [0.25, 0.3) is 0 Å². The summed E-state index contributed by atoms with van der Waals surface area (Å²) in [6, 6.07) is 3.73. The van der Waals surface area contributed by atoms with Gasteiger partial charge in [0, 0.05) is 5.56 Å². The molecule has 0 saturated heterocycles. The van der Waals surface area contributed by atoms with Gasteiger partial charge >= 0.3 is 12.1 Å². The SMILES string of the molecule is COC(=O)C(NS(=O)(=O)Cc1cccc(C(F)(F)F)c1)c1cc(F)ccc1F. The Bertz CT molecular complexity index is 976. The molecule has 152 valence electrons. The van der Waals surface area contributed by atoms with E-state index in [2.05, 4.69) is 4.74 Å². The number of methoxy groups -OCH3 is 1. The second-order valence-electron chi connectivity index (χ2n) is 5.70. The number of hydrogen-bond donors (Lipinski definition) is 1. The monoisotopic (exact) mass is 423 g/mol. The number of alkyl halides is 3. The van der Waals surface area contributed by atoms with Crippen LogP contribution in [0.1, 0.15) is 22.7 Å². The van der Waals surface area contributed by atoms with Crippen LogP contribution in [0.15, 0.2) is 42.5 Å². The van der Waals surface area contributed by atoms with Crippen molar-refractivity contribution in [3.05, 3.63) is 70.8 Å². The highest BCUT2D eigenvalue weighted by Crippen LogP contribution is 2.30. The Balaban J connectivity index is 2.33. The number of rotatable bonds is 6. The zero-order valence-electron chi connectivity index (χ0n) is 14.3. The molecule has 0 heterocycles. The van der Waals surface area contributed by atoms with Gasteiger partial charge in [0.2, 0.25) is 10.0 Å². The van der Waals surface area contributed by atoms with Crippen LogP contribution >= 0.6 is 0 Å². The van der Waals surface area contributed by atoms with Gasteiger partial charge in [-0.15, -0.1) is 0 Å². The molecular formula is C17H14F5NO4S. The summed E-state index contributed by atoms with van der Waals surface area (Å²) in [6.07, 6.45) is -4.67. The third kappa shape index (κ3) is 5.49. The fourth-order valence-electron chi connectivity index (χ4n) is 2.37. The van der Waals surface area contributed by atoms with Crippen LogP contribution < -0.4 is 4.72 Å². The Labute approximate surface area is 157 Å². The van der Waals surface area contributed by atoms with E-state index in [1.165, 1.54) is 0 Å². The molecule has 0 aliphatic heterocycles. The van der Waals surface area contributed by atoms with Gasteiger partial charge in [-0.3, -0.25) is 0 Å². The normalized spacial score (nSPS) is 13.2. The minimum Gasteiger partial charge on any atom is -0.468 e. The maximum atomic E-state index is 14.0. The maximum absolute atomic E-state index is 14.0. The molecule has 0 aliphatic carbocycles. The molecule has 5 nitrogen and oxygen atoms in total. The Hall–Kier alpha value is -2.53. The standard InChI is InChI=1S/C17H14F5NO4S/c1-27-16(24)15(13-8-12(18)5-6-14(13)19)23-28(25,26)9-10-3-2-4-11(7-10)17(20,21)22/h2-8,15,23H,9H2,1H3. The molecule has 0 amide bonds. The van der Waals surface area contributed by atoms with Gasteiger partial charge in [-0.2, -0.15) is 17.9 Å². The predicted octanol–water partition coefficient (Wildman–Crippen LogP) is 3.32. The molecule has 1 unspecified atom stereocenters. The number of benzene rings is 2. The lowest BCUT2D eigenvalue weighted by atomic mass is 10.1. The van der Waals surface area contributed by atoms with Crippen molar-refractivity contribution in [2.24, 2.45) is 0 Å². The van der Waals surface area contributed by atoms with Gasteiger partial charge in [0.05, 0.1) is 18.4 Å². The van der Waals surface area contributed by atoms with Gasteiger partial charge in [0.15, 0.2) is 0 Å². The third-order valence-corrected chi connectivity index (χ3v) is 4.92. The number of nitrogens with one attached hydrogen (secondary N) is 1. The minimum atomic E-state index is -4.67. The molecule has 2 rings (SSSR count). The van der Waals surface area contributed by atoms with Crippen LogP contribution in [0, 0.1) is 11.6 Å². The fourth-order valence-corrected chi connectivity index (χ4v) is 3.65. The van der Waals surface area contributed by atoms with E-state index in [-0.39, 0.29) is 5.56 Å². The first-order valence-electron chi connectivity index (χ1n) is 7.62. The average Bonchev–Trinajstić information content (AvgIpc) is 2.60.